The van der Waals surface area contributed by atoms with E-state index in [1.807, 2.05) is 12.1 Å². The molecule has 120 valence electrons. The van der Waals surface area contributed by atoms with Crippen LogP contribution in [0.3, 0.4) is 0 Å². The van der Waals surface area contributed by atoms with Crippen LogP contribution < -0.4 is 10.1 Å². The van der Waals surface area contributed by atoms with Gasteiger partial charge in [-0.3, -0.25) is 4.79 Å². The number of hydrogen-bond donors (Lipinski definition) is 2. The second kappa shape index (κ2) is 6.65. The van der Waals surface area contributed by atoms with Gasteiger partial charge in [0, 0.05) is 18.8 Å². The molecule has 0 unspecified atom stereocenters. The van der Waals surface area contributed by atoms with Crippen LogP contribution in [0, 0.1) is 5.92 Å². The van der Waals surface area contributed by atoms with Crippen LogP contribution in [-0.4, -0.2) is 28.2 Å². The van der Waals surface area contributed by atoms with Crippen molar-refractivity contribution in [1.82, 2.24) is 10.3 Å². The third kappa shape index (κ3) is 4.44. The van der Waals surface area contributed by atoms with E-state index in [-0.39, 0.29) is 12.3 Å². The molecule has 0 saturated heterocycles. The fraction of sp³-hybridized carbons (Fsp3) is 0.647. The largest absolute Gasteiger partial charge is 0.477 e. The Hall–Kier alpha value is -1.62. The van der Waals surface area contributed by atoms with E-state index in [2.05, 4.69) is 10.3 Å². The van der Waals surface area contributed by atoms with E-state index in [9.17, 15) is 9.90 Å². The van der Waals surface area contributed by atoms with Crippen LogP contribution in [0.1, 0.15) is 50.5 Å². The van der Waals surface area contributed by atoms with Gasteiger partial charge in [-0.15, -0.1) is 0 Å². The van der Waals surface area contributed by atoms with Gasteiger partial charge >= 0.3 is 0 Å². The minimum atomic E-state index is -0.791. The van der Waals surface area contributed by atoms with Crippen LogP contribution in [0.2, 0.25) is 0 Å². The molecule has 0 bridgehead atoms. The smallest absolute Gasteiger partial charge is 0.223 e. The number of carbonyl (C=O) groups is 1. The zero-order valence-corrected chi connectivity index (χ0v) is 12.9. The quantitative estimate of drug-likeness (QED) is 0.810. The number of nitrogens with zero attached hydrogens (tertiary/aromatic N) is 1. The Kier molecular flexibility index (Phi) is 4.62. The Balaban J connectivity index is 1.45. The summed E-state index contributed by atoms with van der Waals surface area (Å²) in [6, 6.07) is 3.74. The van der Waals surface area contributed by atoms with E-state index < -0.39 is 5.60 Å². The lowest BCUT2D eigenvalue weighted by Gasteiger charge is -2.21. The summed E-state index contributed by atoms with van der Waals surface area (Å²) in [5, 5.41) is 13.1. The molecular weight excluding hydrogens is 280 g/mol. The average molecular weight is 304 g/mol. The minimum absolute atomic E-state index is 0.0957. The van der Waals surface area contributed by atoms with Crippen LogP contribution >= 0.6 is 0 Å². The second-order valence-electron chi connectivity index (χ2n) is 6.64. The van der Waals surface area contributed by atoms with Gasteiger partial charge in [0.1, 0.15) is 0 Å². The maximum atomic E-state index is 12.0. The highest BCUT2D eigenvalue weighted by Gasteiger charge is 2.33. The summed E-state index contributed by atoms with van der Waals surface area (Å²) in [6.07, 6.45) is 7.88. The lowest BCUT2D eigenvalue weighted by molar-refractivity contribution is -0.126. The van der Waals surface area contributed by atoms with Gasteiger partial charge in [0.15, 0.2) is 0 Å². The Morgan fingerprint density at radius 2 is 2.18 bits per heavy atom. The first-order valence-corrected chi connectivity index (χ1v) is 8.20. The van der Waals surface area contributed by atoms with Gasteiger partial charge in [0.25, 0.3) is 0 Å². The van der Waals surface area contributed by atoms with E-state index in [0.717, 1.165) is 37.9 Å². The summed E-state index contributed by atoms with van der Waals surface area (Å²) in [6.45, 7) is 1.17. The summed E-state index contributed by atoms with van der Waals surface area (Å²) in [7, 11) is 0. The fourth-order valence-electron chi connectivity index (χ4n) is 2.90. The molecule has 1 heterocycles. The molecule has 3 rings (SSSR count). The van der Waals surface area contributed by atoms with Crippen molar-refractivity contribution in [3.63, 3.8) is 0 Å². The maximum Gasteiger partial charge on any atom is 0.223 e. The van der Waals surface area contributed by atoms with Gasteiger partial charge in [-0.25, -0.2) is 4.98 Å². The summed E-state index contributed by atoms with van der Waals surface area (Å²) in [4.78, 5) is 16.2. The highest BCUT2D eigenvalue weighted by molar-refractivity contribution is 5.77. The first-order valence-electron chi connectivity index (χ1n) is 8.20. The average Bonchev–Trinajstić information content (AvgIpc) is 3.24. The van der Waals surface area contributed by atoms with Gasteiger partial charge in [-0.2, -0.15) is 0 Å². The number of ether oxygens (including phenoxy) is 1. The summed E-state index contributed by atoms with van der Waals surface area (Å²) < 4.78 is 5.64. The molecule has 1 amide bonds. The molecule has 2 aliphatic carbocycles. The Bertz CT molecular complexity index is 522. The van der Waals surface area contributed by atoms with Gasteiger partial charge in [-0.1, -0.05) is 12.8 Å². The number of nitrogens with one attached hydrogen (secondary N) is 1. The zero-order chi connectivity index (χ0) is 15.4. The molecule has 0 aromatic carbocycles. The van der Waals surface area contributed by atoms with Crippen molar-refractivity contribution in [2.24, 2.45) is 5.92 Å². The molecule has 1 aromatic rings. The van der Waals surface area contributed by atoms with Crippen LogP contribution in [0.15, 0.2) is 18.3 Å². The highest BCUT2D eigenvalue weighted by atomic mass is 16.5. The molecule has 0 radical (unpaired) electrons. The standard InChI is InChI=1S/C17H24N2O3/c20-15(10-17(21)6-1-2-7-17)19-11-14-5-8-18-16(9-14)22-12-13-3-4-13/h5,8-9,13,21H,1-4,6-7,10-12H2,(H,19,20). The lowest BCUT2D eigenvalue weighted by atomic mass is 9.98. The number of hydrogen-bond acceptors (Lipinski definition) is 4. The third-order valence-electron chi connectivity index (χ3n) is 4.48. The second-order valence-corrected chi connectivity index (χ2v) is 6.64. The van der Waals surface area contributed by atoms with E-state index in [0.29, 0.717) is 18.3 Å². The predicted octanol–water partition coefficient (Wildman–Crippen LogP) is 2.18. The molecule has 5 nitrogen and oxygen atoms in total. The highest BCUT2D eigenvalue weighted by Crippen LogP contribution is 2.32. The van der Waals surface area contributed by atoms with E-state index >= 15 is 0 Å². The number of amides is 1. The van der Waals surface area contributed by atoms with Crippen LogP contribution in [0.25, 0.3) is 0 Å². The molecular formula is C17H24N2O3. The SMILES string of the molecule is O=C(CC1(O)CCCC1)NCc1ccnc(OCC2CC2)c1. The molecule has 22 heavy (non-hydrogen) atoms. The maximum absolute atomic E-state index is 12.0. The number of pyridine rings is 1. The molecule has 0 aliphatic heterocycles. The Labute approximate surface area is 131 Å². The summed E-state index contributed by atoms with van der Waals surface area (Å²) >= 11 is 0. The Morgan fingerprint density at radius 3 is 2.91 bits per heavy atom. The predicted molar refractivity (Wildman–Crippen MR) is 82.3 cm³/mol. The van der Waals surface area contributed by atoms with Crippen molar-refractivity contribution in [3.05, 3.63) is 23.9 Å². The minimum Gasteiger partial charge on any atom is -0.477 e. The van der Waals surface area contributed by atoms with Crippen LogP contribution in [0.5, 0.6) is 5.88 Å². The van der Waals surface area contributed by atoms with Gasteiger partial charge in [-0.05, 0) is 43.2 Å². The summed E-state index contributed by atoms with van der Waals surface area (Å²) in [5.74, 6) is 1.21. The monoisotopic (exact) mass is 304 g/mol. The van der Waals surface area contributed by atoms with Crippen molar-refractivity contribution >= 4 is 5.91 Å². The molecule has 1 aromatic heterocycles. The molecule has 0 spiro atoms. The van der Waals surface area contributed by atoms with Crippen molar-refractivity contribution in [1.29, 1.82) is 0 Å². The molecule has 2 saturated carbocycles. The molecule has 2 fully saturated rings. The molecule has 2 aliphatic rings. The molecule has 2 N–H and O–H groups in total. The third-order valence-corrected chi connectivity index (χ3v) is 4.48. The topological polar surface area (TPSA) is 71.5 Å². The fourth-order valence-corrected chi connectivity index (χ4v) is 2.90. The van der Waals surface area contributed by atoms with Crippen LogP contribution in [0.4, 0.5) is 0 Å². The normalized spacial score (nSPS) is 19.9. The number of rotatable bonds is 7. The van der Waals surface area contributed by atoms with Crippen molar-refractivity contribution in [2.75, 3.05) is 6.61 Å². The number of aromatic nitrogens is 1. The van der Waals surface area contributed by atoms with Crippen molar-refractivity contribution in [3.8, 4) is 5.88 Å². The van der Waals surface area contributed by atoms with E-state index in [4.69, 9.17) is 4.74 Å². The van der Waals surface area contributed by atoms with Crippen LogP contribution in [-0.2, 0) is 11.3 Å². The first-order chi connectivity index (χ1) is 10.6. The zero-order valence-electron chi connectivity index (χ0n) is 12.9. The van der Waals surface area contributed by atoms with Crippen molar-refractivity contribution < 1.29 is 14.6 Å². The van der Waals surface area contributed by atoms with Gasteiger partial charge in [0.05, 0.1) is 18.6 Å². The number of aliphatic hydroxyl groups is 1. The van der Waals surface area contributed by atoms with E-state index in [1.165, 1.54) is 12.8 Å². The Morgan fingerprint density at radius 1 is 1.41 bits per heavy atom. The first kappa shape index (κ1) is 15.3. The molecule has 5 heteroatoms. The van der Waals surface area contributed by atoms with E-state index in [1.54, 1.807) is 6.20 Å². The molecule has 0 atom stereocenters. The van der Waals surface area contributed by atoms with Gasteiger partial charge < -0.3 is 15.2 Å². The number of carbonyl (C=O) groups excluding carboxylic acids is 1. The van der Waals surface area contributed by atoms with Gasteiger partial charge in [0.2, 0.25) is 11.8 Å². The van der Waals surface area contributed by atoms with Crippen molar-refractivity contribution in [2.45, 2.75) is 57.1 Å². The lowest BCUT2D eigenvalue weighted by Crippen LogP contribution is -2.34. The summed E-state index contributed by atoms with van der Waals surface area (Å²) in [5.41, 5.74) is 0.175.